The van der Waals surface area contributed by atoms with Gasteiger partial charge in [-0.15, -0.1) is 0 Å². The van der Waals surface area contributed by atoms with Crippen molar-refractivity contribution in [3.8, 4) is 28.1 Å². The summed E-state index contributed by atoms with van der Waals surface area (Å²) in [5.41, 5.74) is 3.80. The minimum absolute atomic E-state index is 0.127. The van der Waals surface area contributed by atoms with E-state index >= 15 is 0 Å². The van der Waals surface area contributed by atoms with Crippen LogP contribution in [0.15, 0.2) is 73.1 Å². The van der Waals surface area contributed by atoms with Gasteiger partial charge in [-0.2, -0.15) is 5.10 Å². The number of ether oxygens (including phenoxy) is 3. The van der Waals surface area contributed by atoms with Crippen LogP contribution in [0.3, 0.4) is 0 Å². The number of nitrogens with zero attached hydrogens (tertiary/aromatic N) is 4. The molecule has 0 atom stereocenters. The molecule has 2 aliphatic rings. The summed E-state index contributed by atoms with van der Waals surface area (Å²) in [5, 5.41) is 18.3. The van der Waals surface area contributed by atoms with Crippen molar-refractivity contribution in [1.29, 1.82) is 0 Å². The Hall–Kier alpha value is -4.68. The summed E-state index contributed by atoms with van der Waals surface area (Å²) < 4.78 is 18.9. The molecule has 0 radical (unpaired) electrons. The normalized spacial score (nSPS) is 15.6. The molecular formula is C37H44BN5O6. The lowest BCUT2D eigenvalue weighted by atomic mass is 9.74. The van der Waals surface area contributed by atoms with Crippen molar-refractivity contribution in [2.75, 3.05) is 19.7 Å². The average molecular weight is 666 g/mol. The second-order valence-electron chi connectivity index (χ2n) is 14.0. The molecule has 2 fully saturated rings. The Morgan fingerprint density at radius 2 is 1.67 bits per heavy atom. The molecule has 0 unspecified atom stereocenters. The van der Waals surface area contributed by atoms with Gasteiger partial charge < -0.3 is 29.4 Å². The molecule has 1 saturated carbocycles. The van der Waals surface area contributed by atoms with Crippen molar-refractivity contribution in [3.05, 3.63) is 89.9 Å². The van der Waals surface area contributed by atoms with Gasteiger partial charge in [0.25, 0.3) is 0 Å². The molecule has 6 rings (SSSR count). The van der Waals surface area contributed by atoms with Crippen LogP contribution >= 0.6 is 0 Å². The Balaban J connectivity index is 1.34. The molecule has 12 heteroatoms. The Bertz CT molecular complexity index is 1760. The molecule has 49 heavy (non-hydrogen) atoms. The van der Waals surface area contributed by atoms with Gasteiger partial charge in [-0.05, 0) is 94.2 Å². The zero-order chi connectivity index (χ0) is 34.8. The summed E-state index contributed by atoms with van der Waals surface area (Å²) in [6, 6.07) is 19.9. The number of nitrogens with one attached hydrogen (secondary N) is 1. The third kappa shape index (κ3) is 8.14. The summed E-state index contributed by atoms with van der Waals surface area (Å²) in [5.74, 6) is 0.862. The van der Waals surface area contributed by atoms with Crippen LogP contribution in [0.4, 0.5) is 4.79 Å². The van der Waals surface area contributed by atoms with Crippen molar-refractivity contribution in [3.63, 3.8) is 0 Å². The predicted molar refractivity (Wildman–Crippen MR) is 187 cm³/mol. The predicted octanol–water partition coefficient (Wildman–Crippen LogP) is 5.93. The second kappa shape index (κ2) is 14.0. The van der Waals surface area contributed by atoms with E-state index in [1.54, 1.807) is 51.6 Å². The molecule has 256 valence electrons. The first-order chi connectivity index (χ1) is 23.4. The Morgan fingerprint density at radius 3 is 2.27 bits per heavy atom. The molecule has 1 aliphatic carbocycles. The maximum Gasteiger partial charge on any atom is 0.408 e. The molecule has 0 spiro atoms. The standard InChI is InChI=1S/C37H44BN5O6/c1-6-47-34(44)33-31(28-13-15-30(16-14-28)48-21-25-7-9-26(10-8-25)27-11-12-27)32(29-17-19-39-20-18-29)41-43(33)24-37(22-42(23-37)38(5)46)40-35(45)49-36(2,3)4/h7-10,13-20,27,46H,6,11-12,21-24H2,1-5H3,(H,40,45). The fourth-order valence-corrected chi connectivity index (χ4v) is 6.18. The Kier molecular flexibility index (Phi) is 9.81. The molecule has 2 N–H and O–H groups in total. The average Bonchev–Trinajstić information content (AvgIpc) is 3.83. The van der Waals surface area contributed by atoms with E-state index in [0.29, 0.717) is 42.6 Å². The van der Waals surface area contributed by atoms with Gasteiger partial charge in [0.2, 0.25) is 0 Å². The zero-order valence-corrected chi connectivity index (χ0v) is 28.8. The minimum Gasteiger partial charge on any atom is -0.489 e. The van der Waals surface area contributed by atoms with Crippen LogP contribution in [-0.2, 0) is 22.6 Å². The highest BCUT2D eigenvalue weighted by Crippen LogP contribution is 2.40. The summed E-state index contributed by atoms with van der Waals surface area (Å²) in [6.07, 6.45) is 5.30. The summed E-state index contributed by atoms with van der Waals surface area (Å²) >= 11 is 0. The van der Waals surface area contributed by atoms with Gasteiger partial charge in [0, 0.05) is 36.6 Å². The molecule has 1 aliphatic heterocycles. The fourth-order valence-electron chi connectivity index (χ4n) is 6.18. The summed E-state index contributed by atoms with van der Waals surface area (Å²) in [6.45, 7) is 10.2. The maximum absolute atomic E-state index is 13.8. The highest BCUT2D eigenvalue weighted by Gasteiger charge is 2.48. The van der Waals surface area contributed by atoms with E-state index in [-0.39, 0.29) is 18.8 Å². The van der Waals surface area contributed by atoms with Crippen LogP contribution < -0.4 is 10.1 Å². The van der Waals surface area contributed by atoms with Gasteiger partial charge in [-0.1, -0.05) is 36.4 Å². The number of hydrogen-bond donors (Lipinski definition) is 2. The molecule has 2 aromatic heterocycles. The largest absolute Gasteiger partial charge is 0.489 e. The van der Waals surface area contributed by atoms with Crippen LogP contribution in [0.5, 0.6) is 5.75 Å². The number of hydrogen-bond acceptors (Lipinski definition) is 9. The van der Waals surface area contributed by atoms with Gasteiger partial charge >= 0.3 is 19.1 Å². The van der Waals surface area contributed by atoms with Crippen LogP contribution in [0.2, 0.25) is 6.82 Å². The lowest BCUT2D eigenvalue weighted by Gasteiger charge is -2.51. The highest BCUT2D eigenvalue weighted by molar-refractivity contribution is 6.45. The van der Waals surface area contributed by atoms with Gasteiger partial charge in [0.1, 0.15) is 23.7 Å². The third-order valence-corrected chi connectivity index (χ3v) is 8.71. The number of benzene rings is 2. The van der Waals surface area contributed by atoms with E-state index < -0.39 is 30.3 Å². The fraction of sp³-hybridized carbons (Fsp3) is 0.405. The number of aromatic nitrogens is 3. The lowest BCUT2D eigenvalue weighted by Crippen LogP contribution is -2.74. The number of alkyl carbamates (subject to hydrolysis) is 1. The van der Waals surface area contributed by atoms with Crippen molar-refractivity contribution in [2.24, 2.45) is 0 Å². The van der Waals surface area contributed by atoms with Gasteiger partial charge in [-0.25, -0.2) is 9.59 Å². The van der Waals surface area contributed by atoms with E-state index in [9.17, 15) is 14.6 Å². The maximum atomic E-state index is 13.8. The SMILES string of the molecule is CCOC(=O)c1c(-c2ccc(OCc3ccc(C4CC4)cc3)cc2)c(-c2ccncc2)nn1CC1(NC(=O)OC(C)(C)C)CN(B(C)O)C1. The smallest absolute Gasteiger partial charge is 0.408 e. The van der Waals surface area contributed by atoms with Crippen molar-refractivity contribution < 1.29 is 28.8 Å². The number of rotatable bonds is 12. The zero-order valence-electron chi connectivity index (χ0n) is 28.8. The number of amides is 1. The van der Waals surface area contributed by atoms with Crippen molar-refractivity contribution >= 4 is 19.1 Å². The first-order valence-electron chi connectivity index (χ1n) is 16.9. The van der Waals surface area contributed by atoms with Gasteiger partial charge in [0.15, 0.2) is 5.69 Å². The molecule has 1 saturated heterocycles. The Morgan fingerprint density at radius 1 is 1.00 bits per heavy atom. The number of carbonyl (C=O) groups excluding carboxylic acids is 2. The van der Waals surface area contributed by atoms with Crippen LogP contribution in [0, 0.1) is 0 Å². The highest BCUT2D eigenvalue weighted by atomic mass is 16.6. The number of esters is 1. The Labute approximate surface area is 287 Å². The monoisotopic (exact) mass is 665 g/mol. The molecule has 11 nitrogen and oxygen atoms in total. The van der Waals surface area contributed by atoms with Crippen molar-refractivity contribution in [2.45, 2.75) is 77.6 Å². The number of pyridine rings is 1. The first-order valence-corrected chi connectivity index (χ1v) is 16.9. The van der Waals surface area contributed by atoms with E-state index in [0.717, 1.165) is 16.7 Å². The van der Waals surface area contributed by atoms with Crippen LogP contribution in [0.1, 0.15) is 68.1 Å². The van der Waals surface area contributed by atoms with Crippen molar-refractivity contribution in [1.82, 2.24) is 24.9 Å². The van der Waals surface area contributed by atoms with E-state index in [4.69, 9.17) is 19.3 Å². The molecule has 4 aromatic rings. The quantitative estimate of drug-likeness (QED) is 0.140. The van der Waals surface area contributed by atoms with E-state index in [1.165, 1.54) is 18.4 Å². The van der Waals surface area contributed by atoms with Gasteiger partial charge in [-0.3, -0.25) is 9.67 Å². The molecule has 3 heterocycles. The third-order valence-electron chi connectivity index (χ3n) is 8.71. The molecular weight excluding hydrogens is 621 g/mol. The van der Waals surface area contributed by atoms with E-state index in [1.807, 2.05) is 41.2 Å². The molecule has 0 bridgehead atoms. The van der Waals surface area contributed by atoms with E-state index in [2.05, 4.69) is 34.6 Å². The first kappa shape index (κ1) is 34.2. The minimum atomic E-state index is -0.881. The topological polar surface area (TPSA) is 128 Å². The summed E-state index contributed by atoms with van der Waals surface area (Å²) in [4.78, 5) is 32.8. The lowest BCUT2D eigenvalue weighted by molar-refractivity contribution is 0.0228. The number of carbonyl (C=O) groups is 2. The van der Waals surface area contributed by atoms with Crippen LogP contribution in [0.25, 0.3) is 22.4 Å². The summed E-state index contributed by atoms with van der Waals surface area (Å²) in [7, 11) is -0.721. The second-order valence-corrected chi connectivity index (χ2v) is 14.0. The molecule has 1 amide bonds. The van der Waals surface area contributed by atoms with Crippen LogP contribution in [-0.4, -0.2) is 74.5 Å². The van der Waals surface area contributed by atoms with Gasteiger partial charge in [0.05, 0.1) is 18.7 Å². The molecule has 2 aromatic carbocycles.